The molecule has 2 N–H and O–H groups in total. The Hall–Kier alpha value is -2.45. The monoisotopic (exact) mass is 333 g/mol. The van der Waals surface area contributed by atoms with Crippen molar-refractivity contribution in [1.29, 1.82) is 0 Å². The molecule has 0 radical (unpaired) electrons. The summed E-state index contributed by atoms with van der Waals surface area (Å²) in [6.45, 7) is 2.64. The van der Waals surface area contributed by atoms with Gasteiger partial charge in [0.2, 0.25) is 0 Å². The Balaban J connectivity index is 1.85. The number of thiophene rings is 1. The van der Waals surface area contributed by atoms with Crippen LogP contribution >= 0.6 is 11.3 Å². The number of carbonyl (C=O) groups is 1. The molecule has 0 aliphatic heterocycles. The number of hydrogen-bond acceptors (Lipinski definition) is 7. The van der Waals surface area contributed by atoms with Crippen molar-refractivity contribution in [1.82, 2.24) is 15.3 Å². The quantitative estimate of drug-likeness (QED) is 0.693. The van der Waals surface area contributed by atoms with E-state index in [-0.39, 0.29) is 5.56 Å². The van der Waals surface area contributed by atoms with Gasteiger partial charge in [-0.2, -0.15) is 0 Å². The number of nitrogens with zero attached hydrogens (tertiary/aromatic N) is 1. The van der Waals surface area contributed by atoms with Crippen molar-refractivity contribution in [3.05, 3.63) is 50.8 Å². The van der Waals surface area contributed by atoms with Gasteiger partial charge >= 0.3 is 5.97 Å². The average Bonchev–Trinajstić information content (AvgIpc) is 3.15. The number of carbonyl (C=O) groups excluding carboxylic acids is 1. The normalized spacial score (nSPS) is 11.0. The van der Waals surface area contributed by atoms with Crippen molar-refractivity contribution in [3.63, 3.8) is 0 Å². The van der Waals surface area contributed by atoms with Crippen LogP contribution in [0, 0.1) is 6.92 Å². The Bertz CT molecular complexity index is 895. The summed E-state index contributed by atoms with van der Waals surface area (Å²) in [6.07, 6.45) is 1.60. The second kappa shape index (κ2) is 6.35. The highest BCUT2D eigenvalue weighted by Crippen LogP contribution is 2.27. The molecule has 0 aromatic carbocycles. The molecule has 0 saturated carbocycles. The van der Waals surface area contributed by atoms with Gasteiger partial charge in [-0.15, -0.1) is 11.3 Å². The summed E-state index contributed by atoms with van der Waals surface area (Å²) in [5, 5.41) is 3.57. The van der Waals surface area contributed by atoms with Crippen LogP contribution in [0.4, 0.5) is 0 Å². The van der Waals surface area contributed by atoms with Gasteiger partial charge in [-0.25, -0.2) is 9.78 Å². The molecule has 0 amide bonds. The fourth-order valence-corrected chi connectivity index (χ4v) is 3.40. The SMILES string of the molecule is COC(=O)c1sc2nc(CNCc3ccco3)[nH]c(=O)c2c1C. The number of aromatic amines is 1. The minimum Gasteiger partial charge on any atom is -0.468 e. The average molecular weight is 333 g/mol. The van der Waals surface area contributed by atoms with Crippen molar-refractivity contribution >= 4 is 27.5 Å². The third kappa shape index (κ3) is 3.03. The standard InChI is InChI=1S/C15H15N3O4S/c1-8-11-13(19)17-10(7-16-6-9-4-3-5-22-9)18-14(11)23-12(8)15(20)21-2/h3-5,16H,6-7H2,1-2H3,(H,17,18,19). The van der Waals surface area contributed by atoms with Gasteiger partial charge < -0.3 is 19.5 Å². The number of aromatic nitrogens is 2. The fourth-order valence-electron chi connectivity index (χ4n) is 2.28. The van der Waals surface area contributed by atoms with Crippen LogP contribution in [0.1, 0.15) is 26.8 Å². The van der Waals surface area contributed by atoms with Crippen LogP contribution in [0.2, 0.25) is 0 Å². The Labute approximate surface area is 135 Å². The fraction of sp³-hybridized carbons (Fsp3) is 0.267. The van der Waals surface area contributed by atoms with Gasteiger partial charge in [0, 0.05) is 0 Å². The molecule has 120 valence electrons. The third-order valence-corrected chi connectivity index (χ3v) is 4.56. The lowest BCUT2D eigenvalue weighted by Gasteiger charge is -2.02. The maximum Gasteiger partial charge on any atom is 0.348 e. The highest BCUT2D eigenvalue weighted by atomic mass is 32.1. The summed E-state index contributed by atoms with van der Waals surface area (Å²) < 4.78 is 9.95. The first kappa shape index (κ1) is 15.4. The number of fused-ring (bicyclic) bond motifs is 1. The van der Waals surface area contributed by atoms with Gasteiger partial charge in [-0.05, 0) is 24.6 Å². The predicted octanol–water partition coefficient (Wildman–Crippen LogP) is 1.96. The Kier molecular flexibility index (Phi) is 4.26. The summed E-state index contributed by atoms with van der Waals surface area (Å²) in [7, 11) is 1.31. The van der Waals surface area contributed by atoms with Crippen LogP contribution in [0.3, 0.4) is 0 Å². The highest BCUT2D eigenvalue weighted by Gasteiger charge is 2.19. The number of ether oxygens (including phenoxy) is 1. The molecule has 0 spiro atoms. The third-order valence-electron chi connectivity index (χ3n) is 3.39. The van der Waals surface area contributed by atoms with E-state index in [4.69, 9.17) is 9.15 Å². The Morgan fingerprint density at radius 3 is 3.00 bits per heavy atom. The van der Waals surface area contributed by atoms with Crippen LogP contribution in [0.25, 0.3) is 10.2 Å². The van der Waals surface area contributed by atoms with E-state index >= 15 is 0 Å². The van der Waals surface area contributed by atoms with Gasteiger partial charge in [0.15, 0.2) is 0 Å². The van der Waals surface area contributed by atoms with Crippen molar-refractivity contribution in [2.75, 3.05) is 7.11 Å². The minimum absolute atomic E-state index is 0.256. The molecular formula is C15H15N3O4S. The number of H-pyrrole nitrogens is 1. The molecule has 3 aromatic rings. The molecule has 0 unspecified atom stereocenters. The zero-order chi connectivity index (χ0) is 16.4. The van der Waals surface area contributed by atoms with Crippen LogP contribution in [0.5, 0.6) is 0 Å². The molecule has 0 atom stereocenters. The summed E-state index contributed by atoms with van der Waals surface area (Å²) in [6, 6.07) is 3.67. The van der Waals surface area contributed by atoms with Crippen LogP contribution in [-0.2, 0) is 17.8 Å². The van der Waals surface area contributed by atoms with Gasteiger partial charge in [0.1, 0.15) is 21.3 Å². The molecule has 0 aliphatic carbocycles. The van der Waals surface area contributed by atoms with Crippen molar-refractivity contribution in [3.8, 4) is 0 Å². The number of rotatable bonds is 5. The highest BCUT2D eigenvalue weighted by molar-refractivity contribution is 7.20. The Morgan fingerprint density at radius 1 is 1.48 bits per heavy atom. The molecule has 0 aliphatic rings. The van der Waals surface area contributed by atoms with Crippen LogP contribution in [0.15, 0.2) is 27.6 Å². The summed E-state index contributed by atoms with van der Waals surface area (Å²) in [5.74, 6) is 0.850. The van der Waals surface area contributed by atoms with Crippen LogP contribution < -0.4 is 10.9 Å². The number of hydrogen-bond donors (Lipinski definition) is 2. The number of furan rings is 1. The Morgan fingerprint density at radius 2 is 2.30 bits per heavy atom. The van der Waals surface area contributed by atoms with E-state index in [1.54, 1.807) is 13.2 Å². The minimum atomic E-state index is -0.456. The molecule has 3 rings (SSSR count). The lowest BCUT2D eigenvalue weighted by Crippen LogP contribution is -2.19. The van der Waals surface area contributed by atoms with E-state index in [2.05, 4.69) is 15.3 Å². The van der Waals surface area contributed by atoms with Gasteiger partial charge in [-0.1, -0.05) is 0 Å². The lowest BCUT2D eigenvalue weighted by atomic mass is 10.2. The van der Waals surface area contributed by atoms with E-state index in [1.807, 2.05) is 12.1 Å². The van der Waals surface area contributed by atoms with Gasteiger partial charge in [0.25, 0.3) is 5.56 Å². The smallest absolute Gasteiger partial charge is 0.348 e. The molecule has 3 aromatic heterocycles. The maximum absolute atomic E-state index is 12.2. The first-order valence-corrected chi connectivity index (χ1v) is 7.75. The van der Waals surface area contributed by atoms with Crippen molar-refractivity contribution in [2.24, 2.45) is 0 Å². The predicted molar refractivity (Wildman–Crippen MR) is 85.6 cm³/mol. The van der Waals surface area contributed by atoms with E-state index in [9.17, 15) is 9.59 Å². The summed E-state index contributed by atoms with van der Waals surface area (Å²) >= 11 is 1.16. The van der Waals surface area contributed by atoms with E-state index in [1.165, 1.54) is 7.11 Å². The first-order chi connectivity index (χ1) is 11.1. The molecule has 3 heterocycles. The maximum atomic E-state index is 12.2. The molecular weight excluding hydrogens is 318 g/mol. The first-order valence-electron chi connectivity index (χ1n) is 6.94. The van der Waals surface area contributed by atoms with Gasteiger partial charge in [0.05, 0.1) is 31.8 Å². The summed E-state index contributed by atoms with van der Waals surface area (Å²) in [4.78, 5) is 32.1. The number of nitrogens with one attached hydrogen (secondary N) is 2. The zero-order valence-corrected chi connectivity index (χ0v) is 13.5. The molecule has 7 nitrogen and oxygen atoms in total. The number of esters is 1. The number of methoxy groups -OCH3 is 1. The van der Waals surface area contributed by atoms with Gasteiger partial charge in [-0.3, -0.25) is 4.79 Å². The molecule has 0 fully saturated rings. The lowest BCUT2D eigenvalue weighted by molar-refractivity contribution is 0.0605. The molecule has 8 heteroatoms. The van der Waals surface area contributed by atoms with E-state index in [0.717, 1.165) is 17.1 Å². The van der Waals surface area contributed by atoms with Crippen molar-refractivity contribution < 1.29 is 13.9 Å². The van der Waals surface area contributed by atoms with Crippen molar-refractivity contribution in [2.45, 2.75) is 20.0 Å². The van der Waals surface area contributed by atoms with E-state index < -0.39 is 5.97 Å². The largest absolute Gasteiger partial charge is 0.468 e. The molecule has 23 heavy (non-hydrogen) atoms. The summed E-state index contributed by atoms with van der Waals surface area (Å²) in [5.41, 5.74) is 0.342. The number of aryl methyl sites for hydroxylation is 1. The second-order valence-corrected chi connectivity index (χ2v) is 5.92. The second-order valence-electron chi connectivity index (χ2n) is 4.92. The van der Waals surface area contributed by atoms with Crippen LogP contribution in [-0.4, -0.2) is 23.0 Å². The topological polar surface area (TPSA) is 97.2 Å². The zero-order valence-electron chi connectivity index (χ0n) is 12.6. The molecule has 0 bridgehead atoms. The molecule has 0 saturated heterocycles. The van der Waals surface area contributed by atoms with E-state index in [0.29, 0.717) is 39.6 Å².